The highest BCUT2D eigenvalue weighted by molar-refractivity contribution is 5.86. The van der Waals surface area contributed by atoms with Gasteiger partial charge in [-0.05, 0) is 41.5 Å². The maximum absolute atomic E-state index is 5.77. The Balaban J connectivity index is 1.94. The van der Waals surface area contributed by atoms with E-state index in [2.05, 4.69) is 40.6 Å². The predicted molar refractivity (Wildman–Crippen MR) is 80.6 cm³/mol. The summed E-state index contributed by atoms with van der Waals surface area (Å²) in [6, 6.07) is 16.5. The van der Waals surface area contributed by atoms with Crippen LogP contribution in [-0.2, 0) is 0 Å². The summed E-state index contributed by atoms with van der Waals surface area (Å²) in [6.45, 7) is 1.97. The Morgan fingerprint density at radius 2 is 1.79 bits per heavy atom. The molecule has 3 heteroatoms. The van der Waals surface area contributed by atoms with E-state index in [4.69, 9.17) is 5.73 Å². The molecule has 3 nitrogen and oxygen atoms in total. The van der Waals surface area contributed by atoms with Crippen LogP contribution in [0, 0.1) is 6.92 Å². The van der Waals surface area contributed by atoms with Crippen LogP contribution in [0.2, 0.25) is 0 Å². The molecule has 1 heterocycles. The van der Waals surface area contributed by atoms with Crippen molar-refractivity contribution in [2.45, 2.75) is 6.92 Å². The minimum absolute atomic E-state index is 0.712. The molecule has 0 spiro atoms. The molecular weight excluding hydrogens is 234 g/mol. The molecule has 1 aromatic heterocycles. The zero-order valence-corrected chi connectivity index (χ0v) is 10.7. The number of benzene rings is 2. The van der Waals surface area contributed by atoms with Crippen LogP contribution in [-0.4, -0.2) is 4.98 Å². The molecule has 0 amide bonds. The number of pyridine rings is 1. The summed E-state index contributed by atoms with van der Waals surface area (Å²) in [5.74, 6) is 0.807. The van der Waals surface area contributed by atoms with Crippen molar-refractivity contribution < 1.29 is 0 Å². The van der Waals surface area contributed by atoms with Crippen LogP contribution >= 0.6 is 0 Å². The summed E-state index contributed by atoms with van der Waals surface area (Å²) in [6.07, 6.45) is 1.68. The third-order valence-corrected chi connectivity index (χ3v) is 3.17. The fourth-order valence-corrected chi connectivity index (χ4v) is 2.05. The number of nitrogens with zero attached hydrogens (tertiary/aromatic N) is 1. The van der Waals surface area contributed by atoms with E-state index in [1.54, 1.807) is 6.20 Å². The molecule has 0 saturated carbocycles. The fourth-order valence-electron chi connectivity index (χ4n) is 2.05. The molecule has 0 fully saturated rings. The van der Waals surface area contributed by atoms with Gasteiger partial charge in [-0.2, -0.15) is 0 Å². The Hall–Kier alpha value is -2.55. The van der Waals surface area contributed by atoms with Gasteiger partial charge in [-0.25, -0.2) is 4.98 Å². The molecule has 0 radical (unpaired) electrons. The SMILES string of the molecule is Cc1cc(Nc2ccc3ccccc3c2)ncc1N. The Morgan fingerprint density at radius 3 is 2.58 bits per heavy atom. The Morgan fingerprint density at radius 1 is 1.00 bits per heavy atom. The third kappa shape index (κ3) is 2.36. The summed E-state index contributed by atoms with van der Waals surface area (Å²) in [5.41, 5.74) is 8.53. The van der Waals surface area contributed by atoms with Gasteiger partial charge < -0.3 is 11.1 Å². The molecule has 0 saturated heterocycles. The van der Waals surface area contributed by atoms with E-state index in [1.165, 1.54) is 10.8 Å². The first-order valence-corrected chi connectivity index (χ1v) is 6.20. The topological polar surface area (TPSA) is 50.9 Å². The van der Waals surface area contributed by atoms with Gasteiger partial charge in [-0.1, -0.05) is 30.3 Å². The quantitative estimate of drug-likeness (QED) is 0.725. The van der Waals surface area contributed by atoms with E-state index in [0.29, 0.717) is 5.69 Å². The molecule has 3 rings (SSSR count). The number of aryl methyl sites for hydroxylation is 1. The highest BCUT2D eigenvalue weighted by atomic mass is 15.0. The van der Waals surface area contributed by atoms with Crippen LogP contribution in [0.25, 0.3) is 10.8 Å². The average Bonchev–Trinajstić information content (AvgIpc) is 2.43. The van der Waals surface area contributed by atoms with Gasteiger partial charge in [0.1, 0.15) is 5.82 Å². The molecule has 0 aliphatic heterocycles. The fraction of sp³-hybridized carbons (Fsp3) is 0.0625. The second kappa shape index (κ2) is 4.61. The number of hydrogen-bond acceptors (Lipinski definition) is 3. The molecule has 0 atom stereocenters. The van der Waals surface area contributed by atoms with Crippen LogP contribution in [0.5, 0.6) is 0 Å². The molecule has 0 bridgehead atoms. The van der Waals surface area contributed by atoms with Gasteiger partial charge in [-0.15, -0.1) is 0 Å². The standard InChI is InChI=1S/C16H15N3/c1-11-8-16(18-10-15(11)17)19-14-7-6-12-4-2-3-5-13(12)9-14/h2-10H,17H2,1H3,(H,18,19). The minimum atomic E-state index is 0.712. The predicted octanol–water partition coefficient (Wildman–Crippen LogP) is 3.87. The molecule has 3 aromatic rings. The van der Waals surface area contributed by atoms with Crippen LogP contribution in [0.3, 0.4) is 0 Å². The van der Waals surface area contributed by atoms with Crippen molar-refractivity contribution in [1.29, 1.82) is 0 Å². The summed E-state index contributed by atoms with van der Waals surface area (Å²) in [4.78, 5) is 4.28. The molecule has 3 N–H and O–H groups in total. The zero-order valence-electron chi connectivity index (χ0n) is 10.7. The van der Waals surface area contributed by atoms with Gasteiger partial charge in [0.25, 0.3) is 0 Å². The van der Waals surface area contributed by atoms with Gasteiger partial charge in [-0.3, -0.25) is 0 Å². The summed E-state index contributed by atoms with van der Waals surface area (Å²) in [7, 11) is 0. The lowest BCUT2D eigenvalue weighted by atomic mass is 10.1. The highest BCUT2D eigenvalue weighted by Gasteiger charge is 2.00. The Kier molecular flexibility index (Phi) is 2.80. The smallest absolute Gasteiger partial charge is 0.130 e. The number of aromatic nitrogens is 1. The molecule has 0 unspecified atom stereocenters. The second-order valence-corrected chi connectivity index (χ2v) is 4.61. The van der Waals surface area contributed by atoms with Crippen LogP contribution < -0.4 is 11.1 Å². The van der Waals surface area contributed by atoms with E-state index in [9.17, 15) is 0 Å². The van der Waals surface area contributed by atoms with Crippen molar-refractivity contribution in [2.75, 3.05) is 11.1 Å². The monoisotopic (exact) mass is 249 g/mol. The van der Waals surface area contributed by atoms with E-state index in [1.807, 2.05) is 25.1 Å². The molecule has 19 heavy (non-hydrogen) atoms. The van der Waals surface area contributed by atoms with Gasteiger partial charge in [0, 0.05) is 5.69 Å². The van der Waals surface area contributed by atoms with Crippen molar-refractivity contribution in [2.24, 2.45) is 0 Å². The molecular formula is C16H15N3. The lowest BCUT2D eigenvalue weighted by Crippen LogP contribution is -1.97. The normalized spacial score (nSPS) is 10.6. The first kappa shape index (κ1) is 11.5. The molecule has 2 aromatic carbocycles. The van der Waals surface area contributed by atoms with Gasteiger partial charge in [0.15, 0.2) is 0 Å². The van der Waals surface area contributed by atoms with Gasteiger partial charge in [0.05, 0.1) is 11.9 Å². The maximum atomic E-state index is 5.77. The number of anilines is 3. The first-order valence-electron chi connectivity index (χ1n) is 6.20. The van der Waals surface area contributed by atoms with E-state index in [-0.39, 0.29) is 0 Å². The zero-order chi connectivity index (χ0) is 13.2. The maximum Gasteiger partial charge on any atom is 0.130 e. The van der Waals surface area contributed by atoms with Crippen LogP contribution in [0.4, 0.5) is 17.2 Å². The van der Waals surface area contributed by atoms with Crippen molar-refractivity contribution in [3.05, 3.63) is 60.3 Å². The molecule has 94 valence electrons. The summed E-state index contributed by atoms with van der Waals surface area (Å²) in [5, 5.41) is 5.74. The van der Waals surface area contributed by atoms with Crippen LogP contribution in [0.15, 0.2) is 54.7 Å². The number of rotatable bonds is 2. The molecule has 0 aliphatic rings. The molecule has 0 aliphatic carbocycles. The number of nitrogens with two attached hydrogens (primary N) is 1. The van der Waals surface area contributed by atoms with Gasteiger partial charge in [0.2, 0.25) is 0 Å². The number of fused-ring (bicyclic) bond motifs is 1. The first-order chi connectivity index (χ1) is 9.22. The van der Waals surface area contributed by atoms with Crippen molar-refractivity contribution in [1.82, 2.24) is 4.98 Å². The van der Waals surface area contributed by atoms with E-state index in [0.717, 1.165) is 17.1 Å². The van der Waals surface area contributed by atoms with E-state index >= 15 is 0 Å². The van der Waals surface area contributed by atoms with Crippen molar-refractivity contribution in [3.8, 4) is 0 Å². The van der Waals surface area contributed by atoms with Gasteiger partial charge >= 0.3 is 0 Å². The largest absolute Gasteiger partial charge is 0.397 e. The Bertz CT molecular complexity index is 735. The average molecular weight is 249 g/mol. The van der Waals surface area contributed by atoms with Crippen LogP contribution in [0.1, 0.15) is 5.56 Å². The number of nitrogen functional groups attached to an aromatic ring is 1. The van der Waals surface area contributed by atoms with E-state index < -0.39 is 0 Å². The lowest BCUT2D eigenvalue weighted by molar-refractivity contribution is 1.28. The summed E-state index contributed by atoms with van der Waals surface area (Å²) >= 11 is 0. The third-order valence-electron chi connectivity index (χ3n) is 3.17. The number of nitrogens with one attached hydrogen (secondary N) is 1. The minimum Gasteiger partial charge on any atom is -0.397 e. The number of hydrogen-bond donors (Lipinski definition) is 2. The summed E-state index contributed by atoms with van der Waals surface area (Å²) < 4.78 is 0. The highest BCUT2D eigenvalue weighted by Crippen LogP contribution is 2.22. The second-order valence-electron chi connectivity index (χ2n) is 4.61. The lowest BCUT2D eigenvalue weighted by Gasteiger charge is -2.08. The van der Waals surface area contributed by atoms with Crippen molar-refractivity contribution in [3.63, 3.8) is 0 Å². The Labute approximate surface area is 112 Å². The van der Waals surface area contributed by atoms with Crippen molar-refractivity contribution >= 4 is 28.0 Å².